The molecule has 3 nitrogen and oxygen atoms in total. The molecular formula is C11H24N2O. The van der Waals surface area contributed by atoms with Crippen LogP contribution < -0.4 is 5.32 Å². The molecule has 0 bridgehead atoms. The third kappa shape index (κ3) is 4.94. The van der Waals surface area contributed by atoms with Crippen LogP contribution in [0, 0.1) is 0 Å². The molecule has 84 valence electrons. The van der Waals surface area contributed by atoms with Crippen LogP contribution in [0.2, 0.25) is 0 Å². The Hall–Kier alpha value is -0.120. The fraction of sp³-hybridized carbons (Fsp3) is 1.00. The van der Waals surface area contributed by atoms with Gasteiger partial charge in [0.05, 0.1) is 6.61 Å². The highest BCUT2D eigenvalue weighted by Crippen LogP contribution is 2.18. The Morgan fingerprint density at radius 2 is 2.21 bits per heavy atom. The van der Waals surface area contributed by atoms with E-state index in [1.807, 2.05) is 6.92 Å². The van der Waals surface area contributed by atoms with Crippen molar-refractivity contribution in [2.24, 2.45) is 0 Å². The van der Waals surface area contributed by atoms with Gasteiger partial charge in [-0.3, -0.25) is 0 Å². The van der Waals surface area contributed by atoms with Crippen LogP contribution in [0.5, 0.6) is 0 Å². The van der Waals surface area contributed by atoms with E-state index in [2.05, 4.69) is 24.2 Å². The normalized spacial score (nSPS) is 18.9. The quantitative estimate of drug-likeness (QED) is 0.594. The summed E-state index contributed by atoms with van der Waals surface area (Å²) >= 11 is 0. The first kappa shape index (κ1) is 12.0. The topological polar surface area (TPSA) is 24.5 Å². The fourth-order valence-electron chi connectivity index (χ4n) is 1.35. The lowest BCUT2D eigenvalue weighted by Crippen LogP contribution is -2.40. The second-order valence-corrected chi connectivity index (χ2v) is 4.21. The van der Waals surface area contributed by atoms with Crippen molar-refractivity contribution in [1.82, 2.24) is 10.2 Å². The lowest BCUT2D eigenvalue weighted by molar-refractivity contribution is 0.110. The van der Waals surface area contributed by atoms with Crippen molar-refractivity contribution in [1.29, 1.82) is 0 Å². The Labute approximate surface area is 87.8 Å². The summed E-state index contributed by atoms with van der Waals surface area (Å²) in [6, 6.07) is 1.42. The predicted molar refractivity (Wildman–Crippen MR) is 59.6 cm³/mol. The van der Waals surface area contributed by atoms with E-state index in [4.69, 9.17) is 4.74 Å². The van der Waals surface area contributed by atoms with Gasteiger partial charge in [-0.15, -0.1) is 0 Å². The molecule has 0 aromatic carbocycles. The molecule has 1 aliphatic carbocycles. The summed E-state index contributed by atoms with van der Waals surface area (Å²) in [5.74, 6) is 0. The molecule has 0 aromatic rings. The molecule has 0 aromatic heterocycles. The maximum Gasteiger partial charge on any atom is 0.0593 e. The summed E-state index contributed by atoms with van der Waals surface area (Å²) in [6.45, 7) is 8.11. The van der Waals surface area contributed by atoms with Crippen molar-refractivity contribution in [3.8, 4) is 0 Å². The van der Waals surface area contributed by atoms with Crippen LogP contribution >= 0.6 is 0 Å². The van der Waals surface area contributed by atoms with E-state index in [1.54, 1.807) is 0 Å². The minimum Gasteiger partial charge on any atom is -0.380 e. The molecule has 1 rings (SSSR count). The highest BCUT2D eigenvalue weighted by molar-refractivity contribution is 4.82. The number of ether oxygens (including phenoxy) is 1. The van der Waals surface area contributed by atoms with Crippen molar-refractivity contribution >= 4 is 0 Å². The summed E-state index contributed by atoms with van der Waals surface area (Å²) in [7, 11) is 2.16. The molecule has 0 amide bonds. The van der Waals surface area contributed by atoms with Gasteiger partial charge in [0.1, 0.15) is 0 Å². The first-order valence-electron chi connectivity index (χ1n) is 5.75. The second-order valence-electron chi connectivity index (χ2n) is 4.21. The zero-order valence-corrected chi connectivity index (χ0v) is 9.75. The van der Waals surface area contributed by atoms with Gasteiger partial charge in [-0.05, 0) is 33.7 Å². The van der Waals surface area contributed by atoms with Gasteiger partial charge >= 0.3 is 0 Å². The number of nitrogens with one attached hydrogen (secondary N) is 1. The van der Waals surface area contributed by atoms with E-state index < -0.39 is 0 Å². The molecule has 1 N–H and O–H groups in total. The minimum atomic E-state index is 0.607. The molecule has 0 radical (unpaired) electrons. The van der Waals surface area contributed by atoms with Crippen LogP contribution in [0.4, 0.5) is 0 Å². The number of rotatable bonds is 8. The van der Waals surface area contributed by atoms with E-state index in [-0.39, 0.29) is 0 Å². The first-order valence-corrected chi connectivity index (χ1v) is 5.75. The smallest absolute Gasteiger partial charge is 0.0593 e. The summed E-state index contributed by atoms with van der Waals surface area (Å²) < 4.78 is 5.33. The fourth-order valence-corrected chi connectivity index (χ4v) is 1.35. The number of hydrogen-bond donors (Lipinski definition) is 1. The van der Waals surface area contributed by atoms with Gasteiger partial charge in [0.15, 0.2) is 0 Å². The summed E-state index contributed by atoms with van der Waals surface area (Å²) in [5.41, 5.74) is 0. The van der Waals surface area contributed by atoms with Crippen LogP contribution in [0.1, 0.15) is 26.7 Å². The zero-order chi connectivity index (χ0) is 10.4. The average Bonchev–Trinajstić information content (AvgIpc) is 2.98. The molecular weight excluding hydrogens is 176 g/mol. The van der Waals surface area contributed by atoms with E-state index in [9.17, 15) is 0 Å². The standard InChI is InChI=1S/C11H24N2O/c1-4-14-8-7-13(3)10(2)9-12-11-5-6-11/h10-12H,4-9H2,1-3H3. The second kappa shape index (κ2) is 6.38. The molecule has 0 heterocycles. The molecule has 1 fully saturated rings. The van der Waals surface area contributed by atoms with E-state index in [1.165, 1.54) is 12.8 Å². The van der Waals surface area contributed by atoms with Crippen molar-refractivity contribution < 1.29 is 4.74 Å². The molecule has 1 saturated carbocycles. The van der Waals surface area contributed by atoms with Crippen LogP contribution in [-0.4, -0.2) is 50.3 Å². The number of hydrogen-bond acceptors (Lipinski definition) is 3. The van der Waals surface area contributed by atoms with Crippen molar-refractivity contribution in [3.05, 3.63) is 0 Å². The van der Waals surface area contributed by atoms with Gasteiger partial charge in [0.2, 0.25) is 0 Å². The molecule has 1 unspecified atom stereocenters. The highest BCUT2D eigenvalue weighted by Gasteiger charge is 2.21. The Bertz CT molecular complexity index is 148. The van der Waals surface area contributed by atoms with Gasteiger partial charge in [-0.25, -0.2) is 0 Å². The third-order valence-electron chi connectivity index (χ3n) is 2.82. The Morgan fingerprint density at radius 1 is 1.50 bits per heavy atom. The number of likely N-dealkylation sites (N-methyl/N-ethyl adjacent to an activating group) is 1. The van der Waals surface area contributed by atoms with Crippen molar-refractivity contribution in [3.63, 3.8) is 0 Å². The molecule has 1 atom stereocenters. The van der Waals surface area contributed by atoms with Gasteiger partial charge in [0.25, 0.3) is 0 Å². The minimum absolute atomic E-state index is 0.607. The van der Waals surface area contributed by atoms with Gasteiger partial charge in [-0.1, -0.05) is 0 Å². The first-order chi connectivity index (χ1) is 6.74. The molecule has 0 aliphatic heterocycles. The molecule has 1 aliphatic rings. The zero-order valence-electron chi connectivity index (χ0n) is 9.75. The average molecular weight is 200 g/mol. The van der Waals surface area contributed by atoms with Crippen LogP contribution in [0.3, 0.4) is 0 Å². The van der Waals surface area contributed by atoms with Crippen LogP contribution in [0.15, 0.2) is 0 Å². The highest BCUT2D eigenvalue weighted by atomic mass is 16.5. The van der Waals surface area contributed by atoms with Crippen molar-refractivity contribution in [2.45, 2.75) is 38.8 Å². The van der Waals surface area contributed by atoms with Gasteiger partial charge in [-0.2, -0.15) is 0 Å². The molecule has 14 heavy (non-hydrogen) atoms. The van der Waals surface area contributed by atoms with Crippen molar-refractivity contribution in [2.75, 3.05) is 33.4 Å². The maximum absolute atomic E-state index is 5.33. The lowest BCUT2D eigenvalue weighted by Gasteiger charge is -2.24. The Kier molecular flexibility index (Phi) is 5.45. The molecule has 0 saturated heterocycles. The summed E-state index contributed by atoms with van der Waals surface area (Å²) in [6.07, 6.45) is 2.74. The predicted octanol–water partition coefficient (Wildman–Crippen LogP) is 1.10. The Balaban J connectivity index is 1.98. The van der Waals surface area contributed by atoms with E-state index in [0.717, 1.165) is 32.3 Å². The molecule has 0 spiro atoms. The van der Waals surface area contributed by atoms with Crippen LogP contribution in [-0.2, 0) is 4.74 Å². The summed E-state index contributed by atoms with van der Waals surface area (Å²) in [4.78, 5) is 2.35. The largest absolute Gasteiger partial charge is 0.380 e. The van der Waals surface area contributed by atoms with Gasteiger partial charge < -0.3 is 15.0 Å². The third-order valence-corrected chi connectivity index (χ3v) is 2.82. The van der Waals surface area contributed by atoms with Crippen LogP contribution in [0.25, 0.3) is 0 Å². The summed E-state index contributed by atoms with van der Waals surface area (Å²) in [5, 5.41) is 3.55. The van der Waals surface area contributed by atoms with Gasteiger partial charge in [0, 0.05) is 31.8 Å². The Morgan fingerprint density at radius 3 is 2.79 bits per heavy atom. The lowest BCUT2D eigenvalue weighted by atomic mass is 10.3. The maximum atomic E-state index is 5.33. The SMILES string of the molecule is CCOCCN(C)C(C)CNC1CC1. The van der Waals surface area contributed by atoms with E-state index >= 15 is 0 Å². The number of nitrogens with zero attached hydrogens (tertiary/aromatic N) is 1. The monoisotopic (exact) mass is 200 g/mol. The molecule has 3 heteroatoms. The van der Waals surface area contributed by atoms with E-state index in [0.29, 0.717) is 6.04 Å².